The molecule has 16 heteroatoms. The largest absolute Gasteiger partial charge is 0.354 e. The van der Waals surface area contributed by atoms with E-state index in [0.717, 1.165) is 112 Å². The molecule has 8 bridgehead atoms. The minimum atomic E-state index is -0.612. The van der Waals surface area contributed by atoms with Gasteiger partial charge in [-0.15, -0.1) is 21.4 Å². The maximum absolute atomic E-state index is 6.83. The van der Waals surface area contributed by atoms with Crippen LogP contribution in [-0.2, 0) is 25.7 Å². The highest BCUT2D eigenvalue weighted by molar-refractivity contribution is 6.82. The summed E-state index contributed by atoms with van der Waals surface area (Å²) in [7, 11) is 61.2. The highest BCUT2D eigenvalue weighted by Crippen LogP contribution is 2.67. The van der Waals surface area contributed by atoms with E-state index in [-0.39, 0.29) is 5.72 Å². The number of rotatable bonds is 12. The Kier molecular flexibility index (Phi) is 11.0. The number of benzene rings is 4. The Bertz CT molecular complexity index is 3630. The first-order chi connectivity index (χ1) is 35.6. The van der Waals surface area contributed by atoms with Crippen molar-refractivity contribution in [1.29, 1.82) is 0 Å². The molecular weight excluding hydrogens is 894 g/mol. The Balaban J connectivity index is 1.09. The molecule has 8 atom stereocenters. The first-order valence-corrected chi connectivity index (χ1v) is 25.9. The van der Waals surface area contributed by atoms with Gasteiger partial charge in [0.25, 0.3) is 0 Å². The number of hydrogen-bond acceptors (Lipinski definition) is 2. The summed E-state index contributed by atoms with van der Waals surface area (Å²) in [4.78, 5) is 19.0. The lowest BCUT2D eigenvalue weighted by Gasteiger charge is -2.18. The molecule has 13 rings (SSSR count). The number of aromatic amines is 2. The summed E-state index contributed by atoms with van der Waals surface area (Å²) in [5.41, 5.74) is 18.6. The predicted molar refractivity (Wildman–Crippen MR) is 324 cm³/mol. The summed E-state index contributed by atoms with van der Waals surface area (Å²) in [6.07, 6.45) is 10.8. The van der Waals surface area contributed by atoms with E-state index in [1.54, 1.807) is 0 Å². The topological polar surface area (TPSA) is 57.4 Å². The van der Waals surface area contributed by atoms with Crippen LogP contribution in [0, 0.1) is 0 Å². The van der Waals surface area contributed by atoms with E-state index >= 15 is 0 Å². The zero-order valence-electron chi connectivity index (χ0n) is 42.6. The number of fused-ring (bicyclic) bond motifs is 8. The molecule has 336 valence electrons. The molecule has 3 aromatic heterocycles. The number of nitrogens with one attached hydrogen (secondary N) is 2. The SMILES string of the molecule is [B]C1[B]C1([B])Cc1cccc(-c2c3ccc([nH]3)c(-c3cccc(CC4([B])[B]C4([B])C)c3)c3nc(c(-c4cccc(CC5([B])[B]C5([B])C)c4)c4nc(c(-c5cccc(CC6([B])[B]C6([B])C)c5)c5ccc2[nH]5)C=C4)C=C3)c1. The molecule has 4 saturated heterocycles. The molecule has 4 fully saturated rings. The smallest absolute Gasteiger partial charge is 0.102 e. The second-order valence-corrected chi connectivity index (χ2v) is 23.2. The fourth-order valence-electron chi connectivity index (χ4n) is 11.8. The normalized spacial score (nSPS) is 29.4. The quantitative estimate of drug-likeness (QED) is 0.120. The van der Waals surface area contributed by atoms with E-state index in [1.807, 2.05) is 49.9 Å². The van der Waals surface area contributed by atoms with Crippen LogP contribution in [0.3, 0.4) is 0 Å². The van der Waals surface area contributed by atoms with E-state index < -0.39 is 36.5 Å². The van der Waals surface area contributed by atoms with Crippen LogP contribution in [0.4, 0.5) is 0 Å². The summed E-state index contributed by atoms with van der Waals surface area (Å²) in [6, 6.07) is 42.8. The molecule has 0 saturated carbocycles. The molecule has 7 aromatic rings. The molecule has 6 aliphatic heterocycles. The van der Waals surface area contributed by atoms with Crippen LogP contribution in [0.25, 0.3) is 90.9 Å². The lowest BCUT2D eigenvalue weighted by Crippen LogP contribution is -2.04. The molecule has 8 unspecified atom stereocenters. The third-order valence-corrected chi connectivity index (χ3v) is 17.0. The Hall–Kier alpha value is -5.74. The molecule has 0 aliphatic carbocycles. The van der Waals surface area contributed by atoms with E-state index in [2.05, 4.69) is 156 Å². The van der Waals surface area contributed by atoms with Crippen LogP contribution in [0.15, 0.2) is 121 Å². The van der Waals surface area contributed by atoms with Gasteiger partial charge in [-0.3, -0.25) is 0 Å². The summed E-state index contributed by atoms with van der Waals surface area (Å²) >= 11 is 0. The van der Waals surface area contributed by atoms with Crippen molar-refractivity contribution in [2.45, 2.75) is 88.7 Å². The third kappa shape index (κ3) is 8.64. The second-order valence-electron chi connectivity index (χ2n) is 23.2. The van der Waals surface area contributed by atoms with Crippen LogP contribution in [-0.4, -0.2) is 112 Å². The maximum Gasteiger partial charge on any atom is 0.102 e. The van der Waals surface area contributed by atoms with Gasteiger partial charge in [0.05, 0.1) is 92.8 Å². The zero-order valence-corrected chi connectivity index (χ0v) is 42.6. The summed E-state index contributed by atoms with van der Waals surface area (Å²) in [5, 5.41) is -4.02. The maximum atomic E-state index is 6.83. The average molecular weight is 939 g/mol. The van der Waals surface area contributed by atoms with Crippen LogP contribution >= 0.6 is 0 Å². The standard InChI is InChI=1S/C59H44B12N4/c1-53(61)57(65,69-53)29-33-9-5-13-37(25-33)49-42-18-16-40(72-42)48(36-12-4-8-32(24-36)28-56(64)52(60)68-56)41-17-19-43(73-41)50(38-14-6-10-34(26-38)30-58(66)54(2,62)70-58)45-21-23-47(75-45)51(46-22-20-44(49)74-46)39-15-7-11-35(27-39)31-59(67)55(3,63)71-59/h4-27,52,72-73H,28-31H2,1-3H3. The predicted octanol–water partition coefficient (Wildman–Crippen LogP) is 10.3. The van der Waals surface area contributed by atoms with Gasteiger partial charge in [0.15, 0.2) is 0 Å². The van der Waals surface area contributed by atoms with Gasteiger partial charge < -0.3 is 9.97 Å². The van der Waals surface area contributed by atoms with Crippen molar-refractivity contribution in [2.75, 3.05) is 0 Å². The average Bonchev–Trinajstić information content (AvgIpc) is 3.96. The minimum Gasteiger partial charge on any atom is -0.354 e. The van der Waals surface area contributed by atoms with Crippen LogP contribution in [0.5, 0.6) is 0 Å². The number of hydrogen-bond donors (Lipinski definition) is 2. The lowest BCUT2D eigenvalue weighted by molar-refractivity contribution is 0.787. The molecule has 0 amide bonds. The van der Waals surface area contributed by atoms with Gasteiger partial charge in [-0.1, -0.05) is 139 Å². The van der Waals surface area contributed by atoms with Crippen molar-refractivity contribution in [2.24, 2.45) is 0 Å². The highest BCUT2D eigenvalue weighted by Gasteiger charge is 2.57. The minimum absolute atomic E-state index is 0.147. The number of aromatic nitrogens is 4. The Morgan fingerprint density at radius 1 is 0.413 bits per heavy atom. The van der Waals surface area contributed by atoms with Gasteiger partial charge in [0.1, 0.15) is 21.8 Å². The van der Waals surface area contributed by atoms with Gasteiger partial charge in [0, 0.05) is 44.3 Å². The molecule has 0 spiro atoms. The van der Waals surface area contributed by atoms with Crippen LogP contribution < -0.4 is 0 Å². The summed E-state index contributed by atoms with van der Waals surface area (Å²) < 4.78 is 0. The van der Waals surface area contributed by atoms with Gasteiger partial charge in [-0.05, 0) is 119 Å². The van der Waals surface area contributed by atoms with E-state index in [9.17, 15) is 0 Å². The Morgan fingerprint density at radius 2 is 0.693 bits per heavy atom. The van der Waals surface area contributed by atoms with Gasteiger partial charge >= 0.3 is 0 Å². The molecule has 9 heterocycles. The molecule has 75 heavy (non-hydrogen) atoms. The van der Waals surface area contributed by atoms with Crippen LogP contribution in [0.2, 0.25) is 42.2 Å². The molecule has 20 radical (unpaired) electrons. The van der Waals surface area contributed by atoms with E-state index in [0.29, 0.717) is 25.7 Å². The fourth-order valence-corrected chi connectivity index (χ4v) is 11.8. The van der Waals surface area contributed by atoms with Gasteiger partial charge in [-0.2, -0.15) is 0 Å². The van der Waals surface area contributed by atoms with Crippen molar-refractivity contribution >= 4 is 138 Å². The fraction of sp³-hybridized carbons (Fsp3) is 0.254. The van der Waals surface area contributed by atoms with Crippen molar-refractivity contribution < 1.29 is 0 Å². The third-order valence-electron chi connectivity index (χ3n) is 17.0. The monoisotopic (exact) mass is 940 g/mol. The first kappa shape index (κ1) is 48.9. The summed E-state index contributed by atoms with van der Waals surface area (Å²) in [5.74, 6) is 0. The summed E-state index contributed by atoms with van der Waals surface area (Å²) in [6.45, 7) is 5.94. The molecule has 6 aliphatic rings. The second kappa shape index (κ2) is 16.9. The van der Waals surface area contributed by atoms with Crippen LogP contribution in [0.1, 0.15) is 65.8 Å². The van der Waals surface area contributed by atoms with Crippen molar-refractivity contribution in [1.82, 2.24) is 19.9 Å². The van der Waals surface area contributed by atoms with Crippen molar-refractivity contribution in [3.05, 3.63) is 166 Å². The lowest BCUT2D eigenvalue weighted by atomic mass is 9.64. The Morgan fingerprint density at radius 3 is 1.01 bits per heavy atom. The van der Waals surface area contributed by atoms with E-state index in [4.69, 9.17) is 72.7 Å². The zero-order chi connectivity index (χ0) is 52.1. The molecule has 2 N–H and O–H groups in total. The number of H-pyrrole nitrogens is 2. The van der Waals surface area contributed by atoms with Crippen molar-refractivity contribution in [3.63, 3.8) is 0 Å². The highest BCUT2D eigenvalue weighted by atomic mass is 14.8. The molecule has 4 aromatic carbocycles. The van der Waals surface area contributed by atoms with Crippen molar-refractivity contribution in [3.8, 4) is 44.5 Å². The Labute approximate surface area is 455 Å². The van der Waals surface area contributed by atoms with Gasteiger partial charge in [0.2, 0.25) is 0 Å². The van der Waals surface area contributed by atoms with Gasteiger partial charge in [-0.25, -0.2) is 9.97 Å². The first-order valence-electron chi connectivity index (χ1n) is 25.9. The molecular formula is C59H44B12N4. The number of nitrogens with zero attached hydrogens (tertiary/aromatic N) is 2. The molecule has 4 nitrogen and oxygen atoms in total. The van der Waals surface area contributed by atoms with E-state index in [1.165, 1.54) is 0 Å².